The van der Waals surface area contributed by atoms with Crippen LogP contribution in [-0.4, -0.2) is 71.3 Å². The van der Waals surface area contributed by atoms with Crippen molar-refractivity contribution >= 4 is 17.7 Å². The molecule has 0 aliphatic carbocycles. The summed E-state index contributed by atoms with van der Waals surface area (Å²) in [4.78, 5) is 28.6. The van der Waals surface area contributed by atoms with Crippen molar-refractivity contribution in [3.05, 3.63) is 41.6 Å². The summed E-state index contributed by atoms with van der Waals surface area (Å²) in [6, 6.07) is 7.06. The monoisotopic (exact) mass is 371 g/mol. The number of rotatable bonds is 5. The van der Waals surface area contributed by atoms with Gasteiger partial charge in [0.2, 0.25) is 0 Å². The van der Waals surface area contributed by atoms with Crippen molar-refractivity contribution in [3.63, 3.8) is 0 Å². The summed E-state index contributed by atoms with van der Waals surface area (Å²) in [6.07, 6.45) is 2.50. The van der Waals surface area contributed by atoms with Crippen LogP contribution in [0.3, 0.4) is 0 Å². The van der Waals surface area contributed by atoms with Crippen LogP contribution in [0.4, 0.5) is 5.82 Å². The Kier molecular flexibility index (Phi) is 5.75. The second-order valence-electron chi connectivity index (χ2n) is 6.53. The zero-order valence-corrected chi connectivity index (χ0v) is 15.7. The number of anilines is 1. The maximum Gasteiger partial charge on any atom is 0.343 e. The van der Waals surface area contributed by atoms with Crippen molar-refractivity contribution < 1.29 is 14.3 Å². The third-order valence-corrected chi connectivity index (χ3v) is 4.77. The number of benzene rings is 1. The number of piperazine rings is 1. The molecule has 8 nitrogen and oxygen atoms in total. The van der Waals surface area contributed by atoms with Gasteiger partial charge in [-0.05, 0) is 37.2 Å². The fourth-order valence-corrected chi connectivity index (χ4v) is 3.25. The number of hydrogen-bond acceptors (Lipinski definition) is 6. The topological polar surface area (TPSA) is 93.7 Å². The van der Waals surface area contributed by atoms with Gasteiger partial charge in [-0.1, -0.05) is 6.92 Å². The van der Waals surface area contributed by atoms with Crippen LogP contribution in [0.5, 0.6) is 0 Å². The number of nitrogen functional groups attached to an aromatic ring is 1. The summed E-state index contributed by atoms with van der Waals surface area (Å²) < 4.78 is 6.13. The van der Waals surface area contributed by atoms with Crippen LogP contribution in [0.1, 0.15) is 34.1 Å². The van der Waals surface area contributed by atoms with Gasteiger partial charge in [0.1, 0.15) is 11.4 Å². The van der Waals surface area contributed by atoms with E-state index in [1.54, 1.807) is 24.3 Å². The predicted octanol–water partition coefficient (Wildman–Crippen LogP) is 1.41. The first-order chi connectivity index (χ1) is 13.0. The molecule has 8 heteroatoms. The van der Waals surface area contributed by atoms with Gasteiger partial charge in [-0.25, -0.2) is 9.48 Å². The third kappa shape index (κ3) is 3.95. The lowest BCUT2D eigenvalue weighted by Gasteiger charge is -2.34. The maximum absolute atomic E-state index is 12.7. The number of carbonyl (C=O) groups is 2. The molecular weight excluding hydrogens is 346 g/mol. The number of nitrogens with two attached hydrogens (primary N) is 1. The van der Waals surface area contributed by atoms with Gasteiger partial charge in [-0.3, -0.25) is 9.69 Å². The van der Waals surface area contributed by atoms with Gasteiger partial charge in [-0.15, -0.1) is 0 Å². The van der Waals surface area contributed by atoms with E-state index in [9.17, 15) is 9.59 Å². The lowest BCUT2D eigenvalue weighted by molar-refractivity contribution is 0.0600. The van der Waals surface area contributed by atoms with Gasteiger partial charge in [0.25, 0.3) is 5.91 Å². The molecule has 2 heterocycles. The first-order valence-electron chi connectivity index (χ1n) is 9.09. The van der Waals surface area contributed by atoms with Crippen molar-refractivity contribution in [2.75, 3.05) is 45.6 Å². The SMILES string of the molecule is CCCN1CCN(C(=O)c2ccc(-n3ncc(C(=O)OC)c3N)cc2)CC1. The number of amides is 1. The molecule has 1 aliphatic heterocycles. The van der Waals surface area contributed by atoms with Crippen LogP contribution in [0.15, 0.2) is 30.5 Å². The van der Waals surface area contributed by atoms with Crippen LogP contribution in [0.2, 0.25) is 0 Å². The number of nitrogens with zero attached hydrogens (tertiary/aromatic N) is 4. The molecule has 1 aromatic carbocycles. The predicted molar refractivity (Wildman–Crippen MR) is 102 cm³/mol. The van der Waals surface area contributed by atoms with Crippen LogP contribution < -0.4 is 5.73 Å². The quantitative estimate of drug-likeness (QED) is 0.799. The molecule has 0 saturated carbocycles. The van der Waals surface area contributed by atoms with Crippen molar-refractivity contribution in [1.29, 1.82) is 0 Å². The zero-order chi connectivity index (χ0) is 19.4. The average Bonchev–Trinajstić information content (AvgIpc) is 3.09. The molecule has 27 heavy (non-hydrogen) atoms. The third-order valence-electron chi connectivity index (χ3n) is 4.77. The largest absolute Gasteiger partial charge is 0.465 e. The van der Waals surface area contributed by atoms with Gasteiger partial charge in [0.15, 0.2) is 0 Å². The van der Waals surface area contributed by atoms with Crippen LogP contribution >= 0.6 is 0 Å². The van der Waals surface area contributed by atoms with Crippen molar-refractivity contribution in [1.82, 2.24) is 19.6 Å². The molecule has 1 saturated heterocycles. The van der Waals surface area contributed by atoms with E-state index in [1.807, 2.05) is 4.90 Å². The van der Waals surface area contributed by atoms with Gasteiger partial charge in [0.05, 0.1) is 19.0 Å². The highest BCUT2D eigenvalue weighted by molar-refractivity contribution is 5.95. The van der Waals surface area contributed by atoms with Gasteiger partial charge in [0, 0.05) is 31.7 Å². The summed E-state index contributed by atoms with van der Waals surface area (Å²) >= 11 is 0. The number of esters is 1. The highest BCUT2D eigenvalue weighted by Crippen LogP contribution is 2.19. The zero-order valence-electron chi connectivity index (χ0n) is 15.7. The Morgan fingerprint density at radius 1 is 1.15 bits per heavy atom. The van der Waals surface area contributed by atoms with Crippen LogP contribution in [0.25, 0.3) is 5.69 Å². The van der Waals surface area contributed by atoms with E-state index in [0.29, 0.717) is 11.3 Å². The van der Waals surface area contributed by atoms with Crippen LogP contribution in [0, 0.1) is 0 Å². The number of hydrogen-bond donors (Lipinski definition) is 1. The number of carbonyl (C=O) groups excluding carboxylic acids is 2. The molecule has 144 valence electrons. The second-order valence-corrected chi connectivity index (χ2v) is 6.53. The average molecular weight is 371 g/mol. The van der Waals surface area contributed by atoms with E-state index < -0.39 is 5.97 Å². The lowest BCUT2D eigenvalue weighted by atomic mass is 10.1. The standard InChI is InChI=1S/C19H25N5O3/c1-3-8-22-9-11-23(12-10-22)18(25)14-4-6-15(7-5-14)24-17(20)16(13-21-24)19(26)27-2/h4-7,13H,3,8-12,20H2,1-2H3. The summed E-state index contributed by atoms with van der Waals surface area (Å²) in [6.45, 7) is 6.56. The molecule has 0 bridgehead atoms. The minimum absolute atomic E-state index is 0.0291. The lowest BCUT2D eigenvalue weighted by Crippen LogP contribution is -2.48. The van der Waals surface area contributed by atoms with E-state index in [1.165, 1.54) is 18.0 Å². The minimum Gasteiger partial charge on any atom is -0.465 e. The Morgan fingerprint density at radius 2 is 1.81 bits per heavy atom. The normalized spacial score (nSPS) is 15.0. The molecule has 2 aromatic rings. The maximum atomic E-state index is 12.7. The van der Waals surface area contributed by atoms with Crippen LogP contribution in [-0.2, 0) is 4.74 Å². The smallest absolute Gasteiger partial charge is 0.343 e. The van der Waals surface area contributed by atoms with Gasteiger partial charge < -0.3 is 15.4 Å². The Labute approximate surface area is 158 Å². The number of methoxy groups -OCH3 is 1. The molecule has 2 N–H and O–H groups in total. The fraction of sp³-hybridized carbons (Fsp3) is 0.421. The van der Waals surface area contributed by atoms with E-state index in [0.717, 1.165) is 39.1 Å². The summed E-state index contributed by atoms with van der Waals surface area (Å²) in [5.41, 5.74) is 7.49. The van der Waals surface area contributed by atoms with Crippen molar-refractivity contribution in [3.8, 4) is 5.69 Å². The van der Waals surface area contributed by atoms with E-state index in [-0.39, 0.29) is 17.3 Å². The molecule has 0 unspecified atom stereocenters. The summed E-state index contributed by atoms with van der Waals surface area (Å²) in [5.74, 6) is -0.304. The van der Waals surface area contributed by atoms with E-state index in [4.69, 9.17) is 5.73 Å². The van der Waals surface area contributed by atoms with Gasteiger partial charge >= 0.3 is 5.97 Å². The molecule has 0 atom stereocenters. The highest BCUT2D eigenvalue weighted by atomic mass is 16.5. The molecule has 1 aromatic heterocycles. The van der Waals surface area contributed by atoms with Crippen molar-refractivity contribution in [2.45, 2.75) is 13.3 Å². The molecule has 1 fully saturated rings. The highest BCUT2D eigenvalue weighted by Gasteiger charge is 2.22. The minimum atomic E-state index is -0.534. The molecule has 0 spiro atoms. The Balaban J connectivity index is 1.70. The van der Waals surface area contributed by atoms with E-state index >= 15 is 0 Å². The Bertz CT molecular complexity index is 807. The summed E-state index contributed by atoms with van der Waals surface area (Å²) in [7, 11) is 1.29. The van der Waals surface area contributed by atoms with Gasteiger partial charge in [-0.2, -0.15) is 5.10 Å². The first-order valence-corrected chi connectivity index (χ1v) is 9.09. The second kappa shape index (κ2) is 8.22. The molecule has 0 radical (unpaired) electrons. The molecule has 1 aliphatic rings. The molecule has 1 amide bonds. The fourth-order valence-electron chi connectivity index (χ4n) is 3.25. The first kappa shape index (κ1) is 18.9. The van der Waals surface area contributed by atoms with E-state index in [2.05, 4.69) is 21.7 Å². The Morgan fingerprint density at radius 3 is 2.41 bits per heavy atom. The molecular formula is C19H25N5O3. The number of aromatic nitrogens is 2. The number of ether oxygens (including phenoxy) is 1. The van der Waals surface area contributed by atoms with Crippen molar-refractivity contribution in [2.24, 2.45) is 0 Å². The Hall–Kier alpha value is -2.87. The molecule has 3 rings (SSSR count). The summed E-state index contributed by atoms with van der Waals surface area (Å²) in [5, 5.41) is 4.14.